The maximum Gasteiger partial charge on any atom is 0.243 e. The molecule has 1 aromatic carbocycles. The van der Waals surface area contributed by atoms with Crippen molar-refractivity contribution in [1.29, 1.82) is 0 Å². The first-order valence-electron chi connectivity index (χ1n) is 4.62. The van der Waals surface area contributed by atoms with Gasteiger partial charge in [-0.05, 0) is 41.1 Å². The Morgan fingerprint density at radius 2 is 2.25 bits per heavy atom. The Bertz CT molecular complexity index is 513. The lowest BCUT2D eigenvalue weighted by Crippen LogP contribution is -2.04. The van der Waals surface area contributed by atoms with Gasteiger partial charge in [0.25, 0.3) is 0 Å². The molecule has 0 fully saturated rings. The van der Waals surface area contributed by atoms with Gasteiger partial charge in [-0.3, -0.25) is 0 Å². The first-order chi connectivity index (χ1) is 7.58. The minimum atomic E-state index is -0.334. The summed E-state index contributed by atoms with van der Waals surface area (Å²) in [5, 5.41) is 3.77. The summed E-state index contributed by atoms with van der Waals surface area (Å²) in [5.74, 6) is 0.420. The first-order valence-corrected chi connectivity index (χ1v) is 5.42. The van der Waals surface area contributed by atoms with Crippen LogP contribution in [0.3, 0.4) is 0 Å². The molecule has 0 radical (unpaired) electrons. The minimum Gasteiger partial charge on any atom is -0.337 e. The molecule has 0 spiro atoms. The molecular weight excluding hydrogens is 277 g/mol. The largest absolute Gasteiger partial charge is 0.337 e. The average Bonchev–Trinajstić information content (AvgIpc) is 2.71. The summed E-state index contributed by atoms with van der Waals surface area (Å²) in [6, 6.07) is 4.19. The van der Waals surface area contributed by atoms with Crippen LogP contribution in [0.4, 0.5) is 4.39 Å². The Hall–Kier alpha value is -1.27. The van der Waals surface area contributed by atoms with E-state index in [-0.39, 0.29) is 11.9 Å². The maximum absolute atomic E-state index is 13.0. The van der Waals surface area contributed by atoms with Gasteiger partial charge in [-0.15, -0.1) is 0 Å². The van der Waals surface area contributed by atoms with Crippen LogP contribution in [0.15, 0.2) is 27.2 Å². The number of nitrogens with zero attached hydrogens (tertiary/aromatic N) is 2. The van der Waals surface area contributed by atoms with Gasteiger partial charge in [0.05, 0.1) is 10.5 Å². The minimum absolute atomic E-state index is 0.315. The SMILES string of the molecule is C[C@@H](N)c1nc(-c2ccc(F)c(Br)c2)no1. The van der Waals surface area contributed by atoms with E-state index in [1.165, 1.54) is 6.07 Å². The maximum atomic E-state index is 13.0. The second kappa shape index (κ2) is 4.31. The van der Waals surface area contributed by atoms with Crippen LogP contribution in [0.1, 0.15) is 18.9 Å². The molecule has 1 atom stereocenters. The molecule has 0 aliphatic heterocycles. The van der Waals surface area contributed by atoms with Crippen molar-refractivity contribution in [2.45, 2.75) is 13.0 Å². The smallest absolute Gasteiger partial charge is 0.243 e. The fourth-order valence-corrected chi connectivity index (χ4v) is 1.55. The van der Waals surface area contributed by atoms with E-state index in [1.807, 2.05) is 0 Å². The Morgan fingerprint density at radius 1 is 1.50 bits per heavy atom. The van der Waals surface area contributed by atoms with E-state index in [1.54, 1.807) is 19.1 Å². The molecule has 0 saturated carbocycles. The van der Waals surface area contributed by atoms with Crippen molar-refractivity contribution in [3.63, 3.8) is 0 Å². The highest BCUT2D eigenvalue weighted by molar-refractivity contribution is 9.10. The predicted molar refractivity (Wildman–Crippen MR) is 60.0 cm³/mol. The lowest BCUT2D eigenvalue weighted by atomic mass is 10.2. The van der Waals surface area contributed by atoms with E-state index < -0.39 is 0 Å². The molecule has 0 unspecified atom stereocenters. The quantitative estimate of drug-likeness (QED) is 0.921. The van der Waals surface area contributed by atoms with Crippen molar-refractivity contribution in [3.05, 3.63) is 34.4 Å². The summed E-state index contributed by atoms with van der Waals surface area (Å²) < 4.78 is 18.3. The summed E-state index contributed by atoms with van der Waals surface area (Å²) in [4.78, 5) is 4.10. The molecule has 0 aliphatic carbocycles. The fraction of sp³-hybridized carbons (Fsp3) is 0.200. The number of nitrogens with two attached hydrogens (primary N) is 1. The van der Waals surface area contributed by atoms with Gasteiger partial charge in [0, 0.05) is 5.56 Å². The molecule has 2 N–H and O–H groups in total. The molecule has 16 heavy (non-hydrogen) atoms. The third-order valence-electron chi connectivity index (χ3n) is 2.01. The summed E-state index contributed by atoms with van der Waals surface area (Å²) in [7, 11) is 0. The molecule has 4 nitrogen and oxygen atoms in total. The van der Waals surface area contributed by atoms with Crippen LogP contribution in [-0.4, -0.2) is 10.1 Å². The molecule has 84 valence electrons. The van der Waals surface area contributed by atoms with Crippen LogP contribution >= 0.6 is 15.9 Å². The molecular formula is C10H9BrFN3O. The topological polar surface area (TPSA) is 64.9 Å². The summed E-state index contributed by atoms with van der Waals surface area (Å²) in [6.07, 6.45) is 0. The number of hydrogen-bond acceptors (Lipinski definition) is 4. The second-order valence-electron chi connectivity index (χ2n) is 3.37. The van der Waals surface area contributed by atoms with Gasteiger partial charge in [-0.1, -0.05) is 5.16 Å². The van der Waals surface area contributed by atoms with Gasteiger partial charge in [0.15, 0.2) is 0 Å². The lowest BCUT2D eigenvalue weighted by molar-refractivity contribution is 0.362. The summed E-state index contributed by atoms with van der Waals surface area (Å²) in [6.45, 7) is 1.75. The average molecular weight is 286 g/mol. The standard InChI is InChI=1S/C10H9BrFN3O/c1-5(13)10-14-9(15-16-10)6-2-3-8(12)7(11)4-6/h2-5H,13H2,1H3/t5-/m1/s1. The zero-order chi connectivity index (χ0) is 11.7. The van der Waals surface area contributed by atoms with E-state index in [2.05, 4.69) is 26.1 Å². The highest BCUT2D eigenvalue weighted by atomic mass is 79.9. The highest BCUT2D eigenvalue weighted by Crippen LogP contribution is 2.23. The van der Waals surface area contributed by atoms with E-state index in [0.29, 0.717) is 21.8 Å². The van der Waals surface area contributed by atoms with Gasteiger partial charge in [0.2, 0.25) is 11.7 Å². The van der Waals surface area contributed by atoms with Gasteiger partial charge < -0.3 is 10.3 Å². The predicted octanol–water partition coefficient (Wildman–Crippen LogP) is 2.66. The van der Waals surface area contributed by atoms with Crippen LogP contribution in [0, 0.1) is 5.82 Å². The van der Waals surface area contributed by atoms with Gasteiger partial charge >= 0.3 is 0 Å². The molecule has 2 rings (SSSR count). The van der Waals surface area contributed by atoms with Crippen molar-refractivity contribution < 1.29 is 8.91 Å². The number of halogens is 2. The van der Waals surface area contributed by atoms with Crippen LogP contribution in [0.25, 0.3) is 11.4 Å². The van der Waals surface area contributed by atoms with Gasteiger partial charge in [-0.2, -0.15) is 4.98 Å². The Kier molecular flexibility index (Phi) is 3.02. The van der Waals surface area contributed by atoms with E-state index in [4.69, 9.17) is 10.3 Å². The fourth-order valence-electron chi connectivity index (χ4n) is 1.17. The normalized spacial score (nSPS) is 12.8. The van der Waals surface area contributed by atoms with Crippen molar-refractivity contribution >= 4 is 15.9 Å². The molecule has 0 amide bonds. The van der Waals surface area contributed by atoms with E-state index in [0.717, 1.165) is 0 Å². The molecule has 0 saturated heterocycles. The monoisotopic (exact) mass is 285 g/mol. The van der Waals surface area contributed by atoms with Crippen LogP contribution < -0.4 is 5.73 Å². The van der Waals surface area contributed by atoms with Crippen molar-refractivity contribution in [2.75, 3.05) is 0 Å². The van der Waals surface area contributed by atoms with Crippen molar-refractivity contribution in [3.8, 4) is 11.4 Å². The molecule has 1 heterocycles. The van der Waals surface area contributed by atoms with Crippen LogP contribution in [0.2, 0.25) is 0 Å². The highest BCUT2D eigenvalue weighted by Gasteiger charge is 2.12. The molecule has 6 heteroatoms. The van der Waals surface area contributed by atoms with Crippen LogP contribution in [-0.2, 0) is 0 Å². The summed E-state index contributed by atoms with van der Waals surface area (Å²) >= 11 is 3.09. The Labute approximate surface area is 99.8 Å². The third-order valence-corrected chi connectivity index (χ3v) is 2.62. The number of hydrogen-bond donors (Lipinski definition) is 1. The van der Waals surface area contributed by atoms with Crippen molar-refractivity contribution in [1.82, 2.24) is 10.1 Å². The Balaban J connectivity index is 2.39. The first kappa shape index (κ1) is 11.2. The third kappa shape index (κ3) is 2.12. The molecule has 1 aromatic heterocycles. The van der Waals surface area contributed by atoms with Gasteiger partial charge in [-0.25, -0.2) is 4.39 Å². The lowest BCUT2D eigenvalue weighted by Gasteiger charge is -1.97. The van der Waals surface area contributed by atoms with E-state index in [9.17, 15) is 4.39 Å². The number of rotatable bonds is 2. The number of benzene rings is 1. The zero-order valence-corrected chi connectivity index (χ0v) is 10.0. The summed E-state index contributed by atoms with van der Waals surface area (Å²) in [5.41, 5.74) is 6.26. The second-order valence-corrected chi connectivity index (χ2v) is 4.23. The number of aromatic nitrogens is 2. The molecule has 0 bridgehead atoms. The molecule has 2 aromatic rings. The van der Waals surface area contributed by atoms with E-state index >= 15 is 0 Å². The van der Waals surface area contributed by atoms with Crippen LogP contribution in [0.5, 0.6) is 0 Å². The van der Waals surface area contributed by atoms with Crippen molar-refractivity contribution in [2.24, 2.45) is 5.73 Å². The zero-order valence-electron chi connectivity index (χ0n) is 8.45. The molecule has 0 aliphatic rings. The Morgan fingerprint density at radius 3 is 2.81 bits per heavy atom. The van der Waals surface area contributed by atoms with Gasteiger partial charge in [0.1, 0.15) is 5.82 Å².